The molecule has 0 aliphatic heterocycles. The average Bonchev–Trinajstić information content (AvgIpc) is 2.36. The van der Waals surface area contributed by atoms with E-state index in [1.165, 1.54) is 20.1 Å². The Labute approximate surface area is 119 Å². The molecule has 1 aromatic carbocycles. The van der Waals surface area contributed by atoms with Gasteiger partial charge in [-0.25, -0.2) is 4.79 Å². The van der Waals surface area contributed by atoms with Crippen molar-refractivity contribution in [2.75, 3.05) is 12.4 Å². The Kier molecular flexibility index (Phi) is 4.93. The molecule has 0 saturated heterocycles. The number of nitrogens with two attached hydrogens (primary N) is 1. The predicted octanol–water partition coefficient (Wildman–Crippen LogP) is 2.31. The summed E-state index contributed by atoms with van der Waals surface area (Å²) < 4.78 is 42.4. The van der Waals surface area contributed by atoms with Crippen molar-refractivity contribution in [3.63, 3.8) is 0 Å². The zero-order valence-corrected chi connectivity index (χ0v) is 11.6. The van der Waals surface area contributed by atoms with Crippen LogP contribution in [0.2, 0.25) is 0 Å². The number of esters is 1. The maximum absolute atomic E-state index is 12.6. The number of carbonyl (C=O) groups excluding carboxylic acids is 1. The van der Waals surface area contributed by atoms with E-state index in [1.807, 2.05) is 0 Å². The molecular weight excluding hydrogens is 293 g/mol. The minimum absolute atomic E-state index is 0.0191. The van der Waals surface area contributed by atoms with Crippen LogP contribution in [0.25, 0.3) is 0 Å². The predicted molar refractivity (Wildman–Crippen MR) is 72.4 cm³/mol. The SMILES string of the molecule is COC(=O)C(C)Nc1ccc(C(F)(F)F)cc1C(N)=S. The van der Waals surface area contributed by atoms with Gasteiger partial charge in [0.05, 0.1) is 12.7 Å². The van der Waals surface area contributed by atoms with Crippen molar-refractivity contribution in [1.29, 1.82) is 0 Å². The van der Waals surface area contributed by atoms with Crippen molar-refractivity contribution in [3.05, 3.63) is 29.3 Å². The van der Waals surface area contributed by atoms with Crippen molar-refractivity contribution in [2.24, 2.45) is 5.73 Å². The highest BCUT2D eigenvalue weighted by Crippen LogP contribution is 2.32. The summed E-state index contributed by atoms with van der Waals surface area (Å²) in [4.78, 5) is 11.1. The number of thiocarbonyl (C=S) groups is 1. The van der Waals surface area contributed by atoms with E-state index in [0.29, 0.717) is 0 Å². The third-order valence-electron chi connectivity index (χ3n) is 2.54. The molecule has 0 aromatic heterocycles. The summed E-state index contributed by atoms with van der Waals surface area (Å²) in [6, 6.07) is 2.16. The van der Waals surface area contributed by atoms with Crippen LogP contribution in [0.4, 0.5) is 18.9 Å². The first-order valence-corrected chi connectivity index (χ1v) is 5.93. The van der Waals surface area contributed by atoms with Crippen LogP contribution in [-0.2, 0) is 15.7 Å². The van der Waals surface area contributed by atoms with Gasteiger partial charge in [-0.15, -0.1) is 0 Å². The molecule has 3 N–H and O–H groups in total. The van der Waals surface area contributed by atoms with E-state index in [1.54, 1.807) is 0 Å². The molecule has 0 aliphatic carbocycles. The van der Waals surface area contributed by atoms with E-state index < -0.39 is 23.8 Å². The van der Waals surface area contributed by atoms with E-state index in [0.717, 1.165) is 12.1 Å². The molecule has 0 bridgehead atoms. The van der Waals surface area contributed by atoms with Gasteiger partial charge in [0.2, 0.25) is 0 Å². The molecule has 0 amide bonds. The van der Waals surface area contributed by atoms with Crippen LogP contribution >= 0.6 is 12.2 Å². The van der Waals surface area contributed by atoms with Gasteiger partial charge in [0.15, 0.2) is 0 Å². The number of ether oxygens (including phenoxy) is 1. The molecule has 0 heterocycles. The molecule has 0 spiro atoms. The standard InChI is InChI=1S/C12H13F3N2O2S/c1-6(11(18)19-2)17-9-4-3-7(12(13,14)15)5-8(9)10(16)20/h3-6,17H,1-2H3,(H2,16,20). The molecule has 20 heavy (non-hydrogen) atoms. The number of nitrogens with one attached hydrogen (secondary N) is 1. The molecule has 1 atom stereocenters. The molecule has 1 unspecified atom stereocenters. The topological polar surface area (TPSA) is 64.3 Å². The Bertz CT molecular complexity index is 532. The van der Waals surface area contributed by atoms with E-state index in [2.05, 4.69) is 10.1 Å². The number of rotatable bonds is 4. The lowest BCUT2D eigenvalue weighted by molar-refractivity contribution is -0.141. The second kappa shape index (κ2) is 6.08. The quantitative estimate of drug-likeness (QED) is 0.660. The summed E-state index contributed by atoms with van der Waals surface area (Å²) >= 11 is 4.73. The van der Waals surface area contributed by atoms with E-state index in [4.69, 9.17) is 18.0 Å². The lowest BCUT2D eigenvalue weighted by Crippen LogP contribution is -2.28. The molecule has 1 rings (SSSR count). The summed E-state index contributed by atoms with van der Waals surface area (Å²) in [6.07, 6.45) is -4.49. The van der Waals surface area contributed by atoms with Crippen molar-refractivity contribution >= 4 is 28.9 Å². The molecule has 1 aromatic rings. The second-order valence-corrected chi connectivity index (χ2v) is 4.45. The maximum atomic E-state index is 12.6. The Hall–Kier alpha value is -1.83. The number of methoxy groups -OCH3 is 1. The first-order chi connectivity index (χ1) is 9.16. The molecule has 110 valence electrons. The third kappa shape index (κ3) is 3.83. The highest BCUT2D eigenvalue weighted by atomic mass is 32.1. The van der Waals surface area contributed by atoms with Crippen LogP contribution < -0.4 is 11.1 Å². The Morgan fingerprint density at radius 3 is 2.50 bits per heavy atom. The molecule has 4 nitrogen and oxygen atoms in total. The molecule has 8 heteroatoms. The Morgan fingerprint density at radius 2 is 2.05 bits per heavy atom. The Morgan fingerprint density at radius 1 is 1.45 bits per heavy atom. The van der Waals surface area contributed by atoms with Crippen molar-refractivity contribution in [1.82, 2.24) is 0 Å². The number of alkyl halides is 3. The second-order valence-electron chi connectivity index (χ2n) is 4.01. The summed E-state index contributed by atoms with van der Waals surface area (Å²) in [5, 5.41) is 2.71. The maximum Gasteiger partial charge on any atom is 0.416 e. The van der Waals surface area contributed by atoms with Crippen LogP contribution in [0.1, 0.15) is 18.1 Å². The van der Waals surface area contributed by atoms with Crippen LogP contribution in [0.15, 0.2) is 18.2 Å². The van der Waals surface area contributed by atoms with Crippen molar-refractivity contribution in [3.8, 4) is 0 Å². The zero-order chi connectivity index (χ0) is 15.5. The van der Waals surface area contributed by atoms with E-state index >= 15 is 0 Å². The number of halogens is 3. The minimum atomic E-state index is -4.49. The number of anilines is 1. The van der Waals surface area contributed by atoms with E-state index in [-0.39, 0.29) is 16.2 Å². The monoisotopic (exact) mass is 306 g/mol. The van der Waals surface area contributed by atoms with Crippen LogP contribution in [-0.4, -0.2) is 24.1 Å². The van der Waals surface area contributed by atoms with Gasteiger partial charge in [0.25, 0.3) is 0 Å². The molecular formula is C12H13F3N2O2S. The van der Waals surface area contributed by atoms with Gasteiger partial charge in [0, 0.05) is 11.3 Å². The highest BCUT2D eigenvalue weighted by Gasteiger charge is 2.31. The summed E-state index contributed by atoms with van der Waals surface area (Å²) in [6.45, 7) is 1.51. The van der Waals surface area contributed by atoms with Gasteiger partial charge in [-0.1, -0.05) is 12.2 Å². The van der Waals surface area contributed by atoms with Crippen molar-refractivity contribution in [2.45, 2.75) is 19.1 Å². The van der Waals surface area contributed by atoms with Gasteiger partial charge in [-0.3, -0.25) is 0 Å². The average molecular weight is 306 g/mol. The van der Waals surface area contributed by atoms with Gasteiger partial charge in [0.1, 0.15) is 11.0 Å². The fraction of sp³-hybridized carbons (Fsp3) is 0.333. The summed E-state index contributed by atoms with van der Waals surface area (Å²) in [5.41, 5.74) is 4.81. The number of hydrogen-bond acceptors (Lipinski definition) is 4. The van der Waals surface area contributed by atoms with Crippen LogP contribution in [0.5, 0.6) is 0 Å². The smallest absolute Gasteiger partial charge is 0.416 e. The Balaban J connectivity index is 3.15. The lowest BCUT2D eigenvalue weighted by atomic mass is 10.1. The van der Waals surface area contributed by atoms with Gasteiger partial charge >= 0.3 is 12.1 Å². The third-order valence-corrected chi connectivity index (χ3v) is 2.76. The largest absolute Gasteiger partial charge is 0.467 e. The van der Waals surface area contributed by atoms with Crippen LogP contribution in [0.3, 0.4) is 0 Å². The van der Waals surface area contributed by atoms with Crippen LogP contribution in [0, 0.1) is 0 Å². The molecule has 0 saturated carbocycles. The fourth-order valence-corrected chi connectivity index (χ4v) is 1.69. The molecule has 0 fully saturated rings. The first-order valence-electron chi connectivity index (χ1n) is 5.52. The number of benzene rings is 1. The van der Waals surface area contributed by atoms with Crippen molar-refractivity contribution < 1.29 is 22.7 Å². The van der Waals surface area contributed by atoms with E-state index in [9.17, 15) is 18.0 Å². The van der Waals surface area contributed by atoms with Gasteiger partial charge < -0.3 is 15.8 Å². The summed E-state index contributed by atoms with van der Waals surface area (Å²) in [7, 11) is 1.21. The lowest BCUT2D eigenvalue weighted by Gasteiger charge is -2.17. The molecule has 0 radical (unpaired) electrons. The highest BCUT2D eigenvalue weighted by molar-refractivity contribution is 7.80. The minimum Gasteiger partial charge on any atom is -0.467 e. The van der Waals surface area contributed by atoms with Gasteiger partial charge in [-0.2, -0.15) is 13.2 Å². The number of carbonyl (C=O) groups is 1. The first kappa shape index (κ1) is 16.2. The zero-order valence-electron chi connectivity index (χ0n) is 10.7. The summed E-state index contributed by atoms with van der Waals surface area (Å²) in [5.74, 6) is -0.557. The fourth-order valence-electron chi connectivity index (χ4n) is 1.52. The number of hydrogen-bond donors (Lipinski definition) is 2. The van der Waals surface area contributed by atoms with Gasteiger partial charge in [-0.05, 0) is 25.1 Å². The normalized spacial score (nSPS) is 12.7. The molecule has 0 aliphatic rings.